The first kappa shape index (κ1) is 36.9. The van der Waals surface area contributed by atoms with Crippen molar-refractivity contribution in [2.24, 2.45) is 0 Å². The van der Waals surface area contributed by atoms with Crippen molar-refractivity contribution < 1.29 is 4.42 Å². The van der Waals surface area contributed by atoms with Gasteiger partial charge in [0.15, 0.2) is 5.58 Å². The number of para-hydroxylation sites is 1. The Morgan fingerprint density at radius 1 is 0.453 bits per heavy atom. The van der Waals surface area contributed by atoms with Gasteiger partial charge in [0, 0.05) is 42.7 Å². The van der Waals surface area contributed by atoms with E-state index in [4.69, 9.17) is 4.42 Å². The van der Waals surface area contributed by atoms with Crippen LogP contribution in [-0.2, 0) is 11.8 Å². The van der Waals surface area contributed by atoms with E-state index < -0.39 is 5.41 Å². The second-order valence-corrected chi connectivity index (χ2v) is 18.1. The highest BCUT2D eigenvalue weighted by atomic mass is 32.1. The molecule has 2 heterocycles. The van der Waals surface area contributed by atoms with E-state index in [1.807, 2.05) is 11.3 Å². The predicted octanol–water partition coefficient (Wildman–Crippen LogP) is 16.9. The number of anilines is 3. The highest BCUT2D eigenvalue weighted by Gasteiger charge is 2.47. The Labute approximate surface area is 376 Å². The molecular formula is C61H41NOS. The Hall–Kier alpha value is -7.72. The van der Waals surface area contributed by atoms with E-state index in [1.165, 1.54) is 70.6 Å². The van der Waals surface area contributed by atoms with Crippen LogP contribution in [0.15, 0.2) is 223 Å². The van der Waals surface area contributed by atoms with E-state index in [9.17, 15) is 0 Å². The van der Waals surface area contributed by atoms with Crippen LogP contribution in [0.2, 0.25) is 0 Å². The van der Waals surface area contributed by atoms with Crippen molar-refractivity contribution in [3.05, 3.63) is 251 Å². The summed E-state index contributed by atoms with van der Waals surface area (Å²) in [6.07, 6.45) is 6.86. The molecule has 0 N–H and O–H groups in total. The summed E-state index contributed by atoms with van der Waals surface area (Å²) in [5, 5.41) is 3.56. The fraction of sp³-hybridized carbons (Fsp3) is 0.0492. The third kappa shape index (κ3) is 5.51. The summed E-state index contributed by atoms with van der Waals surface area (Å²) in [5.74, 6) is 0. The topological polar surface area (TPSA) is 16.4 Å². The Morgan fingerprint density at radius 3 is 1.78 bits per heavy atom. The van der Waals surface area contributed by atoms with Crippen molar-refractivity contribution in [3.63, 3.8) is 0 Å². The molecule has 0 saturated heterocycles. The molecule has 0 saturated carbocycles. The van der Waals surface area contributed by atoms with Gasteiger partial charge in [0.1, 0.15) is 5.58 Å². The molecule has 64 heavy (non-hydrogen) atoms. The van der Waals surface area contributed by atoms with E-state index in [1.54, 1.807) is 0 Å². The van der Waals surface area contributed by atoms with Crippen LogP contribution in [0.5, 0.6) is 0 Å². The number of aryl methyl sites for hydroxylation is 1. The minimum absolute atomic E-state index is 0.512. The van der Waals surface area contributed by atoms with E-state index in [2.05, 4.69) is 229 Å². The monoisotopic (exact) mass is 835 g/mol. The second-order valence-electron chi connectivity index (χ2n) is 17.0. The Kier molecular flexibility index (Phi) is 8.47. The van der Waals surface area contributed by atoms with Crippen LogP contribution < -0.4 is 4.90 Å². The maximum absolute atomic E-state index is 7.40. The summed E-state index contributed by atoms with van der Waals surface area (Å²) in [5.41, 5.74) is 18.0. The fourth-order valence-corrected chi connectivity index (χ4v) is 12.1. The lowest BCUT2D eigenvalue weighted by molar-refractivity contribution is 0.669. The Balaban J connectivity index is 1.01. The third-order valence-electron chi connectivity index (χ3n) is 13.6. The molecule has 2 nitrogen and oxygen atoms in total. The van der Waals surface area contributed by atoms with Crippen molar-refractivity contribution in [1.82, 2.24) is 0 Å². The summed E-state index contributed by atoms with van der Waals surface area (Å²) in [4.78, 5) is 3.86. The summed E-state index contributed by atoms with van der Waals surface area (Å²) in [6, 6.07) is 77.6. The summed E-state index contributed by atoms with van der Waals surface area (Å²) in [6.45, 7) is 0. The zero-order chi connectivity index (χ0) is 42.2. The zero-order valence-corrected chi connectivity index (χ0v) is 35.9. The van der Waals surface area contributed by atoms with Crippen molar-refractivity contribution in [2.45, 2.75) is 18.3 Å². The van der Waals surface area contributed by atoms with Gasteiger partial charge in [0.2, 0.25) is 0 Å². The molecule has 0 radical (unpaired) electrons. The number of furan rings is 1. The highest BCUT2D eigenvalue weighted by molar-refractivity contribution is 7.20. The molecule has 0 atom stereocenters. The molecule has 2 aliphatic carbocycles. The van der Waals surface area contributed by atoms with E-state index >= 15 is 0 Å². The molecule has 13 rings (SSSR count). The minimum Gasteiger partial charge on any atom is -0.453 e. The Morgan fingerprint density at radius 2 is 1.05 bits per heavy atom. The highest BCUT2D eigenvalue weighted by Crippen LogP contribution is 2.59. The van der Waals surface area contributed by atoms with Crippen molar-refractivity contribution in [2.75, 3.05) is 4.90 Å². The van der Waals surface area contributed by atoms with Crippen LogP contribution in [0.4, 0.5) is 17.1 Å². The van der Waals surface area contributed by atoms with Gasteiger partial charge in [0.05, 0.1) is 11.1 Å². The van der Waals surface area contributed by atoms with Crippen LogP contribution in [-0.4, -0.2) is 0 Å². The van der Waals surface area contributed by atoms with E-state index in [0.29, 0.717) is 0 Å². The van der Waals surface area contributed by atoms with Gasteiger partial charge in [-0.1, -0.05) is 194 Å². The van der Waals surface area contributed by atoms with E-state index in [-0.39, 0.29) is 0 Å². The molecular weight excluding hydrogens is 795 g/mol. The van der Waals surface area contributed by atoms with Gasteiger partial charge in [0.25, 0.3) is 0 Å². The average molecular weight is 836 g/mol. The molecule has 9 aromatic carbocycles. The first-order valence-electron chi connectivity index (χ1n) is 22.2. The van der Waals surface area contributed by atoms with Gasteiger partial charge >= 0.3 is 0 Å². The number of hydrogen-bond donors (Lipinski definition) is 0. The molecule has 302 valence electrons. The fourth-order valence-electron chi connectivity index (χ4n) is 10.8. The molecule has 2 aromatic heterocycles. The maximum atomic E-state index is 7.40. The molecule has 0 spiro atoms. The van der Waals surface area contributed by atoms with Gasteiger partial charge in [-0.15, -0.1) is 11.3 Å². The lowest BCUT2D eigenvalue weighted by atomic mass is 9.68. The number of hydrogen-bond acceptors (Lipinski definition) is 3. The van der Waals surface area contributed by atoms with Gasteiger partial charge in [-0.3, -0.25) is 0 Å². The molecule has 0 aliphatic heterocycles. The quantitative estimate of drug-likeness (QED) is 0.159. The Bertz CT molecular complexity index is 3540. The first-order valence-corrected chi connectivity index (χ1v) is 23.0. The first-order chi connectivity index (χ1) is 31.8. The van der Waals surface area contributed by atoms with Crippen LogP contribution in [0.25, 0.3) is 71.5 Å². The number of fused-ring (bicyclic) bond motifs is 10. The molecule has 11 aromatic rings. The van der Waals surface area contributed by atoms with Gasteiger partial charge in [-0.25, -0.2) is 0 Å². The SMILES string of the molecule is C1=Cc2c(sc3c(-c4ccc(N(c5ccc(-c6ccccc6)cc5)c5cccc6c5oc5c7c(ccc56)C(c5ccccc5)(c5ccccc5)c5ccccc5-7)cc4)cccc23)CC1. The number of rotatable bonds is 7. The molecule has 0 bridgehead atoms. The average Bonchev–Trinajstić information content (AvgIpc) is 4.04. The van der Waals surface area contributed by atoms with Gasteiger partial charge in [-0.05, 0) is 98.8 Å². The predicted molar refractivity (Wildman–Crippen MR) is 269 cm³/mol. The minimum atomic E-state index is -0.512. The van der Waals surface area contributed by atoms with Gasteiger partial charge < -0.3 is 9.32 Å². The smallest absolute Gasteiger partial charge is 0.159 e. The van der Waals surface area contributed by atoms with Crippen LogP contribution in [0.1, 0.15) is 39.1 Å². The number of allylic oxidation sites excluding steroid dienone is 1. The normalized spacial score (nSPS) is 13.6. The number of benzene rings is 9. The van der Waals surface area contributed by atoms with Crippen LogP contribution in [0, 0.1) is 0 Å². The standard InChI is InChI=1S/C61H41NOS/c1-4-16-40(17-5-1)41-30-34-45(35-31-41)62(46-36-32-42(33-37-46)47-24-14-26-51-48-22-11-13-29-56(48)64-60(47)51)55-28-15-25-49-50-38-39-54-57(59(50)63-58(49)55)52-23-10-12-27-53(52)61(54,43-18-6-2-7-19-43)44-20-8-3-9-21-44/h1-12,14-28,30-39H,13,29H2. The number of thiophene rings is 1. The van der Waals surface area contributed by atoms with Gasteiger partial charge in [-0.2, -0.15) is 0 Å². The maximum Gasteiger partial charge on any atom is 0.159 e. The van der Waals surface area contributed by atoms with Crippen molar-refractivity contribution >= 4 is 66.5 Å². The summed E-state index contributed by atoms with van der Waals surface area (Å²) < 4.78 is 8.77. The largest absolute Gasteiger partial charge is 0.453 e. The summed E-state index contributed by atoms with van der Waals surface area (Å²) in [7, 11) is 0. The van der Waals surface area contributed by atoms with Crippen LogP contribution in [0.3, 0.4) is 0 Å². The molecule has 2 aliphatic rings. The van der Waals surface area contributed by atoms with Crippen LogP contribution >= 0.6 is 11.3 Å². The second kappa shape index (κ2) is 14.7. The van der Waals surface area contributed by atoms with Crippen molar-refractivity contribution in [1.29, 1.82) is 0 Å². The lowest BCUT2D eigenvalue weighted by Gasteiger charge is -2.33. The number of nitrogens with zero attached hydrogens (tertiary/aromatic N) is 1. The molecule has 0 amide bonds. The molecule has 0 unspecified atom stereocenters. The zero-order valence-electron chi connectivity index (χ0n) is 35.0. The summed E-state index contributed by atoms with van der Waals surface area (Å²) >= 11 is 1.96. The lowest BCUT2D eigenvalue weighted by Crippen LogP contribution is -2.28. The third-order valence-corrected chi connectivity index (χ3v) is 14.9. The van der Waals surface area contributed by atoms with Crippen molar-refractivity contribution in [3.8, 4) is 33.4 Å². The van der Waals surface area contributed by atoms with E-state index in [0.717, 1.165) is 57.4 Å². The molecule has 0 fully saturated rings. The molecule has 3 heteroatoms.